The number of carbonyl (C=O) groups excluding carboxylic acids is 1. The second kappa shape index (κ2) is 11.7. The Morgan fingerprint density at radius 3 is 2.50 bits per heavy atom. The predicted molar refractivity (Wildman–Crippen MR) is 98.6 cm³/mol. The third-order valence-corrected chi connectivity index (χ3v) is 4.79. The van der Waals surface area contributed by atoms with Gasteiger partial charge in [0.05, 0.1) is 0 Å². The molecule has 1 heterocycles. The Bertz CT molecular complexity index is 322. The lowest BCUT2D eigenvalue weighted by atomic mass is 9.95. The molecule has 2 rings (SSSR count). The molecular formula is C14H31Cl3N4O. The van der Waals surface area contributed by atoms with Crippen molar-refractivity contribution < 1.29 is 4.79 Å². The summed E-state index contributed by atoms with van der Waals surface area (Å²) in [6, 6.07) is 0.431. The summed E-state index contributed by atoms with van der Waals surface area (Å²) in [6.07, 6.45) is 3.26. The van der Waals surface area contributed by atoms with Crippen LogP contribution in [0.3, 0.4) is 0 Å². The first-order chi connectivity index (χ1) is 9.11. The van der Waals surface area contributed by atoms with Gasteiger partial charge in [-0.05, 0) is 39.4 Å². The van der Waals surface area contributed by atoms with Crippen LogP contribution in [0, 0.1) is 11.8 Å². The molecule has 3 N–H and O–H groups in total. The average Bonchev–Trinajstić information content (AvgIpc) is 2.88. The van der Waals surface area contributed by atoms with Crippen molar-refractivity contribution in [1.29, 1.82) is 0 Å². The van der Waals surface area contributed by atoms with Gasteiger partial charge in [0.2, 0.25) is 5.91 Å². The molecule has 3 atom stereocenters. The number of halogens is 3. The molecule has 1 saturated carbocycles. The Morgan fingerprint density at radius 2 is 1.86 bits per heavy atom. The van der Waals surface area contributed by atoms with Crippen LogP contribution < -0.4 is 11.1 Å². The second-order valence-corrected chi connectivity index (χ2v) is 6.18. The minimum absolute atomic E-state index is 0. The van der Waals surface area contributed by atoms with Crippen molar-refractivity contribution >= 4 is 43.1 Å². The predicted octanol–water partition coefficient (Wildman–Crippen LogP) is 0.989. The van der Waals surface area contributed by atoms with Crippen molar-refractivity contribution in [2.45, 2.75) is 25.3 Å². The number of nitrogens with one attached hydrogen (secondary N) is 1. The number of nitrogens with two attached hydrogens (primary N) is 1. The van der Waals surface area contributed by atoms with E-state index in [-0.39, 0.29) is 49.0 Å². The van der Waals surface area contributed by atoms with Crippen LogP contribution in [0.1, 0.15) is 19.3 Å². The molecule has 5 nitrogen and oxygen atoms in total. The van der Waals surface area contributed by atoms with Crippen molar-refractivity contribution in [2.75, 3.05) is 46.8 Å². The van der Waals surface area contributed by atoms with E-state index in [0.717, 1.165) is 45.4 Å². The van der Waals surface area contributed by atoms with Gasteiger partial charge in [-0.1, -0.05) is 6.42 Å². The molecule has 1 saturated heterocycles. The molecule has 2 fully saturated rings. The Labute approximate surface area is 153 Å². The lowest BCUT2D eigenvalue weighted by molar-refractivity contribution is -0.126. The zero-order valence-electron chi connectivity index (χ0n) is 13.5. The van der Waals surface area contributed by atoms with Gasteiger partial charge in [0, 0.05) is 38.1 Å². The molecule has 1 aliphatic carbocycles. The molecule has 0 aromatic carbocycles. The molecule has 0 radical (unpaired) electrons. The summed E-state index contributed by atoms with van der Waals surface area (Å²) in [5, 5.41) is 3.15. The molecule has 0 aromatic rings. The van der Waals surface area contributed by atoms with Crippen molar-refractivity contribution in [2.24, 2.45) is 17.6 Å². The largest absolute Gasteiger partial charge is 0.354 e. The van der Waals surface area contributed by atoms with Gasteiger partial charge >= 0.3 is 0 Å². The highest BCUT2D eigenvalue weighted by Crippen LogP contribution is 2.30. The van der Waals surface area contributed by atoms with E-state index >= 15 is 0 Å². The van der Waals surface area contributed by atoms with Crippen LogP contribution in [0.2, 0.25) is 0 Å². The Kier molecular flexibility index (Phi) is 13.0. The molecule has 22 heavy (non-hydrogen) atoms. The molecule has 134 valence electrons. The monoisotopic (exact) mass is 376 g/mol. The topological polar surface area (TPSA) is 61.6 Å². The van der Waals surface area contributed by atoms with Crippen LogP contribution in [0.15, 0.2) is 0 Å². The lowest BCUT2D eigenvalue weighted by Gasteiger charge is -2.38. The molecule has 0 spiro atoms. The second-order valence-electron chi connectivity index (χ2n) is 6.18. The van der Waals surface area contributed by atoms with Crippen LogP contribution in [-0.4, -0.2) is 68.6 Å². The molecule has 0 aromatic heterocycles. The van der Waals surface area contributed by atoms with Gasteiger partial charge in [-0.2, -0.15) is 0 Å². The first-order valence-corrected chi connectivity index (χ1v) is 7.48. The van der Waals surface area contributed by atoms with Gasteiger partial charge in [-0.25, -0.2) is 0 Å². The van der Waals surface area contributed by atoms with Gasteiger partial charge in [0.1, 0.15) is 0 Å². The smallest absolute Gasteiger partial charge is 0.223 e. The standard InChI is InChI=1S/C14H28N4O.3ClH/c1-17-6-7-18(2)12(10-17)9-16-14(19)13-5-3-4-11(13)8-15;;;/h11-13H,3-10,15H2,1-2H3,(H,16,19);3*1H/t11-,12?,13-;;;/m1.../s1. The molecule has 1 unspecified atom stereocenters. The molecule has 2 aliphatic rings. The fraction of sp³-hybridized carbons (Fsp3) is 0.929. The minimum atomic E-state index is 0. The van der Waals surface area contributed by atoms with Crippen molar-refractivity contribution in [3.63, 3.8) is 0 Å². The van der Waals surface area contributed by atoms with Crippen molar-refractivity contribution in [1.82, 2.24) is 15.1 Å². The number of carbonyl (C=O) groups is 1. The summed E-state index contributed by atoms with van der Waals surface area (Å²) in [6.45, 7) is 4.62. The average molecular weight is 378 g/mol. The number of nitrogens with zero attached hydrogens (tertiary/aromatic N) is 2. The molecule has 0 bridgehead atoms. The van der Waals surface area contributed by atoms with Crippen LogP contribution in [0.4, 0.5) is 0 Å². The number of rotatable bonds is 4. The van der Waals surface area contributed by atoms with Gasteiger partial charge < -0.3 is 16.0 Å². The summed E-state index contributed by atoms with van der Waals surface area (Å²) >= 11 is 0. The van der Waals surface area contributed by atoms with E-state index in [0.29, 0.717) is 18.5 Å². The number of hydrogen-bond donors (Lipinski definition) is 2. The fourth-order valence-electron chi connectivity index (χ4n) is 3.34. The maximum atomic E-state index is 12.2. The Balaban J connectivity index is 0. The summed E-state index contributed by atoms with van der Waals surface area (Å²) in [7, 11) is 4.28. The van der Waals surface area contributed by atoms with Crippen molar-refractivity contribution in [3.8, 4) is 0 Å². The number of piperazine rings is 1. The molecular weight excluding hydrogens is 347 g/mol. The van der Waals surface area contributed by atoms with Crippen LogP contribution in [-0.2, 0) is 4.79 Å². The van der Waals surface area contributed by atoms with Gasteiger partial charge in [-0.3, -0.25) is 9.69 Å². The van der Waals surface area contributed by atoms with Crippen molar-refractivity contribution in [3.05, 3.63) is 0 Å². The van der Waals surface area contributed by atoms with Gasteiger partial charge in [-0.15, -0.1) is 37.2 Å². The van der Waals surface area contributed by atoms with E-state index in [1.165, 1.54) is 0 Å². The first kappa shape index (κ1) is 24.5. The van der Waals surface area contributed by atoms with Crippen LogP contribution in [0.5, 0.6) is 0 Å². The highest BCUT2D eigenvalue weighted by Gasteiger charge is 2.32. The van der Waals surface area contributed by atoms with Gasteiger partial charge in [0.25, 0.3) is 0 Å². The molecule has 1 aliphatic heterocycles. The SMILES string of the molecule is CN1CCN(C)C(CNC(=O)[C@@H]2CCC[C@@H]2CN)C1.Cl.Cl.Cl. The minimum Gasteiger partial charge on any atom is -0.354 e. The van der Waals surface area contributed by atoms with E-state index in [4.69, 9.17) is 5.73 Å². The number of likely N-dealkylation sites (N-methyl/N-ethyl adjacent to an activating group) is 2. The zero-order chi connectivity index (χ0) is 13.8. The van der Waals surface area contributed by atoms with E-state index in [2.05, 4.69) is 29.2 Å². The summed E-state index contributed by atoms with van der Waals surface area (Å²) in [5.74, 6) is 0.762. The third-order valence-electron chi connectivity index (χ3n) is 4.79. The molecule has 8 heteroatoms. The highest BCUT2D eigenvalue weighted by molar-refractivity contribution is 5.86. The summed E-state index contributed by atoms with van der Waals surface area (Å²) in [5.41, 5.74) is 5.75. The Hall–Kier alpha value is 0.220. The lowest BCUT2D eigenvalue weighted by Crippen LogP contribution is -2.54. The molecule has 1 amide bonds. The number of hydrogen-bond acceptors (Lipinski definition) is 4. The van der Waals surface area contributed by atoms with E-state index in [9.17, 15) is 4.79 Å². The fourth-order valence-corrected chi connectivity index (χ4v) is 3.34. The van der Waals surface area contributed by atoms with E-state index in [1.54, 1.807) is 0 Å². The summed E-state index contributed by atoms with van der Waals surface area (Å²) in [4.78, 5) is 16.9. The Morgan fingerprint density at radius 1 is 1.18 bits per heavy atom. The maximum absolute atomic E-state index is 12.2. The van der Waals surface area contributed by atoms with Crippen LogP contribution >= 0.6 is 37.2 Å². The van der Waals surface area contributed by atoms with E-state index < -0.39 is 0 Å². The normalized spacial score (nSPS) is 29.0. The summed E-state index contributed by atoms with van der Waals surface area (Å²) < 4.78 is 0. The maximum Gasteiger partial charge on any atom is 0.223 e. The first-order valence-electron chi connectivity index (χ1n) is 7.48. The zero-order valence-corrected chi connectivity index (χ0v) is 15.9. The highest BCUT2D eigenvalue weighted by atomic mass is 35.5. The number of amides is 1. The van der Waals surface area contributed by atoms with Crippen LogP contribution in [0.25, 0.3) is 0 Å². The van der Waals surface area contributed by atoms with Gasteiger partial charge in [0.15, 0.2) is 0 Å². The quantitative estimate of drug-likeness (QED) is 0.767. The van der Waals surface area contributed by atoms with E-state index in [1.807, 2.05) is 0 Å². The third kappa shape index (κ3) is 6.38.